The number of allylic oxidation sites excluding steroid dienone is 2. The Morgan fingerprint density at radius 2 is 1.12 bits per heavy atom. The Balaban J connectivity index is 4.55. The van der Waals surface area contributed by atoms with E-state index in [4.69, 9.17) is 23.7 Å². The first-order valence-electron chi connectivity index (χ1n) is 8.42. The fourth-order valence-electron chi connectivity index (χ4n) is 1.72. The van der Waals surface area contributed by atoms with Crippen molar-refractivity contribution in [3.8, 4) is 0 Å². The van der Waals surface area contributed by atoms with Crippen LogP contribution in [0.2, 0.25) is 0 Å². The van der Waals surface area contributed by atoms with Gasteiger partial charge in [0.2, 0.25) is 0 Å². The molecule has 0 rings (SSSR count). The summed E-state index contributed by atoms with van der Waals surface area (Å²) in [6.07, 6.45) is 2.17. The Labute approximate surface area is 149 Å². The van der Waals surface area contributed by atoms with E-state index in [-0.39, 0.29) is 24.4 Å². The summed E-state index contributed by atoms with van der Waals surface area (Å²) in [5, 5.41) is 0. The molecule has 0 bridgehead atoms. The van der Waals surface area contributed by atoms with Crippen molar-refractivity contribution in [2.24, 2.45) is 0 Å². The second-order valence-corrected chi connectivity index (χ2v) is 4.97. The fourth-order valence-corrected chi connectivity index (χ4v) is 1.72. The predicted molar refractivity (Wildman–Crippen MR) is 92.7 cm³/mol. The van der Waals surface area contributed by atoms with Gasteiger partial charge in [0.1, 0.15) is 0 Å². The van der Waals surface area contributed by atoms with Crippen molar-refractivity contribution in [2.75, 3.05) is 26.4 Å². The van der Waals surface area contributed by atoms with Gasteiger partial charge in [0, 0.05) is 13.2 Å². The first-order valence-corrected chi connectivity index (χ1v) is 8.42. The topological polar surface area (TPSA) is 80.3 Å². The van der Waals surface area contributed by atoms with E-state index in [0.29, 0.717) is 13.2 Å². The van der Waals surface area contributed by atoms with E-state index in [9.17, 15) is 9.59 Å². The van der Waals surface area contributed by atoms with Gasteiger partial charge in [-0.15, -0.1) is 0 Å². The minimum atomic E-state index is -0.756. The molecule has 0 amide bonds. The molecule has 0 fully saturated rings. The molecular formula is C18H30O7. The van der Waals surface area contributed by atoms with Crippen LogP contribution in [0.4, 0.5) is 0 Å². The SMILES string of the molecule is C/C=C(\COC(C)OCC)C(=O)OC(=O)/C(=C/C)COC(C)OCC. The van der Waals surface area contributed by atoms with Gasteiger partial charge >= 0.3 is 11.9 Å². The number of rotatable bonds is 12. The van der Waals surface area contributed by atoms with Crippen LogP contribution >= 0.6 is 0 Å². The van der Waals surface area contributed by atoms with Crippen molar-refractivity contribution in [1.82, 2.24) is 0 Å². The lowest BCUT2D eigenvalue weighted by Crippen LogP contribution is -2.23. The third-order valence-corrected chi connectivity index (χ3v) is 3.16. The lowest BCUT2D eigenvalue weighted by Gasteiger charge is -2.15. The third-order valence-electron chi connectivity index (χ3n) is 3.16. The van der Waals surface area contributed by atoms with Crippen LogP contribution in [0.25, 0.3) is 0 Å². The molecular weight excluding hydrogens is 328 g/mol. The van der Waals surface area contributed by atoms with Crippen LogP contribution < -0.4 is 0 Å². The van der Waals surface area contributed by atoms with Gasteiger partial charge in [0.25, 0.3) is 0 Å². The lowest BCUT2D eigenvalue weighted by atomic mass is 10.2. The predicted octanol–water partition coefficient (Wildman–Crippen LogP) is 2.75. The highest BCUT2D eigenvalue weighted by Gasteiger charge is 2.20. The summed E-state index contributed by atoms with van der Waals surface area (Å²) in [6.45, 7) is 11.5. The molecule has 0 radical (unpaired) electrons. The zero-order chi connectivity index (χ0) is 19.2. The van der Waals surface area contributed by atoms with E-state index in [1.54, 1.807) is 27.7 Å². The molecule has 2 unspecified atom stereocenters. The Morgan fingerprint density at radius 3 is 1.40 bits per heavy atom. The summed E-state index contributed by atoms with van der Waals surface area (Å²) in [5.74, 6) is -1.51. The number of esters is 2. The summed E-state index contributed by atoms with van der Waals surface area (Å²) in [7, 11) is 0. The molecule has 0 aliphatic heterocycles. The zero-order valence-corrected chi connectivity index (χ0v) is 16.0. The van der Waals surface area contributed by atoms with Crippen molar-refractivity contribution in [3.63, 3.8) is 0 Å². The smallest absolute Gasteiger partial charge is 0.343 e. The van der Waals surface area contributed by atoms with E-state index in [1.165, 1.54) is 12.2 Å². The van der Waals surface area contributed by atoms with E-state index < -0.39 is 24.5 Å². The summed E-state index contributed by atoms with van der Waals surface area (Å²) in [4.78, 5) is 24.2. The van der Waals surface area contributed by atoms with Crippen molar-refractivity contribution < 1.29 is 33.3 Å². The Morgan fingerprint density at radius 1 is 0.760 bits per heavy atom. The Kier molecular flexibility index (Phi) is 12.9. The molecule has 25 heavy (non-hydrogen) atoms. The molecule has 0 aromatic rings. The maximum atomic E-state index is 12.1. The average Bonchev–Trinajstić information content (AvgIpc) is 2.56. The van der Waals surface area contributed by atoms with E-state index in [2.05, 4.69) is 0 Å². The molecule has 0 heterocycles. The summed E-state index contributed by atoms with van der Waals surface area (Å²) in [6, 6.07) is 0. The van der Waals surface area contributed by atoms with Crippen molar-refractivity contribution in [1.29, 1.82) is 0 Å². The maximum Gasteiger partial charge on any atom is 0.343 e. The van der Waals surface area contributed by atoms with E-state index in [1.807, 2.05) is 13.8 Å². The molecule has 0 aromatic carbocycles. The fraction of sp³-hybridized carbons (Fsp3) is 0.667. The first kappa shape index (κ1) is 23.5. The van der Waals surface area contributed by atoms with Crippen LogP contribution in [0, 0.1) is 0 Å². The monoisotopic (exact) mass is 358 g/mol. The van der Waals surface area contributed by atoms with Crippen LogP contribution in [0.15, 0.2) is 23.3 Å². The molecule has 0 spiro atoms. The van der Waals surface area contributed by atoms with Gasteiger partial charge in [-0.05, 0) is 41.5 Å². The summed E-state index contributed by atoms with van der Waals surface area (Å²) < 4.78 is 26.1. The van der Waals surface area contributed by atoms with Crippen LogP contribution in [-0.2, 0) is 33.3 Å². The maximum absolute atomic E-state index is 12.1. The molecule has 2 atom stereocenters. The van der Waals surface area contributed by atoms with Gasteiger partial charge in [-0.25, -0.2) is 9.59 Å². The number of carbonyl (C=O) groups excluding carboxylic acids is 2. The van der Waals surface area contributed by atoms with Gasteiger partial charge in [-0.1, -0.05) is 12.2 Å². The zero-order valence-electron chi connectivity index (χ0n) is 16.0. The largest absolute Gasteiger partial charge is 0.386 e. The van der Waals surface area contributed by atoms with Crippen molar-refractivity contribution in [2.45, 2.75) is 54.1 Å². The Bertz CT molecular complexity index is 426. The molecule has 7 nitrogen and oxygen atoms in total. The number of carbonyl (C=O) groups is 2. The second-order valence-electron chi connectivity index (χ2n) is 4.97. The molecule has 144 valence electrons. The highest BCUT2D eigenvalue weighted by Crippen LogP contribution is 2.08. The summed E-state index contributed by atoms with van der Waals surface area (Å²) >= 11 is 0. The van der Waals surface area contributed by atoms with E-state index in [0.717, 1.165) is 0 Å². The van der Waals surface area contributed by atoms with Crippen LogP contribution in [0.3, 0.4) is 0 Å². The van der Waals surface area contributed by atoms with Gasteiger partial charge < -0.3 is 23.7 Å². The van der Waals surface area contributed by atoms with Gasteiger partial charge in [0.15, 0.2) is 12.6 Å². The minimum Gasteiger partial charge on any atom is -0.386 e. The number of hydrogen-bond acceptors (Lipinski definition) is 7. The van der Waals surface area contributed by atoms with Crippen LogP contribution in [-0.4, -0.2) is 50.9 Å². The number of hydrogen-bond donors (Lipinski definition) is 0. The van der Waals surface area contributed by atoms with Gasteiger partial charge in [-0.3, -0.25) is 0 Å². The lowest BCUT2D eigenvalue weighted by molar-refractivity contribution is -0.157. The van der Waals surface area contributed by atoms with Crippen molar-refractivity contribution >= 4 is 11.9 Å². The molecule has 7 heteroatoms. The Hall–Kier alpha value is -1.54. The second kappa shape index (κ2) is 13.7. The molecule has 0 saturated heterocycles. The average molecular weight is 358 g/mol. The van der Waals surface area contributed by atoms with Gasteiger partial charge in [0.05, 0.1) is 24.4 Å². The van der Waals surface area contributed by atoms with Crippen LogP contribution in [0.5, 0.6) is 0 Å². The quantitative estimate of drug-likeness (QED) is 0.230. The first-order chi connectivity index (χ1) is 11.9. The standard InChI is InChI=1S/C18H30O7/c1-7-15(11-23-13(5)21-9-3)17(19)25-18(20)16(8-2)12-24-14(6)22-10-4/h7-8,13-14H,9-12H2,1-6H3/b15-7+,16-8+. The van der Waals surface area contributed by atoms with Crippen LogP contribution in [0.1, 0.15) is 41.5 Å². The highest BCUT2D eigenvalue weighted by molar-refractivity contribution is 6.02. The highest BCUT2D eigenvalue weighted by atomic mass is 16.7. The molecule has 0 aliphatic rings. The van der Waals surface area contributed by atoms with Gasteiger partial charge in [-0.2, -0.15) is 0 Å². The summed E-state index contributed by atoms with van der Waals surface area (Å²) in [5.41, 5.74) is 0.470. The third kappa shape index (κ3) is 10.1. The van der Waals surface area contributed by atoms with Crippen molar-refractivity contribution in [3.05, 3.63) is 23.3 Å². The molecule has 0 saturated carbocycles. The number of ether oxygens (including phenoxy) is 5. The normalized spacial score (nSPS) is 15.0. The molecule has 0 N–H and O–H groups in total. The molecule has 0 aromatic heterocycles. The minimum absolute atomic E-state index is 0.00712. The van der Waals surface area contributed by atoms with E-state index >= 15 is 0 Å². The molecule has 0 aliphatic carbocycles.